The minimum Gasteiger partial charge on any atom is -0.478 e. The number of anilines is 1. The molecule has 9 nitrogen and oxygen atoms in total. The summed E-state index contributed by atoms with van der Waals surface area (Å²) in [4.78, 5) is 10.7. The lowest BCUT2D eigenvalue weighted by Crippen LogP contribution is -2.15. The lowest BCUT2D eigenvalue weighted by atomic mass is 10.2. The molecule has 0 aliphatic rings. The molecular formula is C15H12ClN5O4S. The van der Waals surface area contributed by atoms with Crippen LogP contribution in [0, 0.1) is 11.3 Å². The number of sulfonamides is 1. The van der Waals surface area contributed by atoms with E-state index in [-0.39, 0.29) is 29.1 Å². The summed E-state index contributed by atoms with van der Waals surface area (Å²) in [5, 5.41) is 9.51. The largest absolute Gasteiger partial charge is 0.478 e. The van der Waals surface area contributed by atoms with Crippen LogP contribution in [0.2, 0.25) is 5.02 Å². The van der Waals surface area contributed by atoms with Crippen molar-refractivity contribution in [3.8, 4) is 17.7 Å². The molecule has 0 saturated heterocycles. The second-order valence-electron chi connectivity index (χ2n) is 4.96. The van der Waals surface area contributed by atoms with Crippen LogP contribution in [0.1, 0.15) is 0 Å². The number of aromatic nitrogens is 3. The number of hydrogen-bond donors (Lipinski definition) is 2. The number of aromatic amines is 1. The Labute approximate surface area is 153 Å². The Kier molecular flexibility index (Phi) is 4.83. The highest BCUT2D eigenvalue weighted by Gasteiger charge is 2.21. The summed E-state index contributed by atoms with van der Waals surface area (Å²) in [5.41, 5.74) is 0.580. The molecule has 2 heterocycles. The summed E-state index contributed by atoms with van der Waals surface area (Å²) in [6, 6.07) is 6.62. The fraction of sp³-hybridized carbons (Fsp3) is 0.133. The van der Waals surface area contributed by atoms with Crippen LogP contribution in [0.3, 0.4) is 0 Å². The van der Waals surface area contributed by atoms with Crippen molar-refractivity contribution in [3.05, 3.63) is 35.6 Å². The van der Waals surface area contributed by atoms with Gasteiger partial charge >= 0.3 is 0 Å². The van der Waals surface area contributed by atoms with Gasteiger partial charge in [-0.05, 0) is 18.2 Å². The lowest BCUT2D eigenvalue weighted by molar-refractivity contribution is 0.319. The molecule has 1 aromatic carbocycles. The molecule has 134 valence electrons. The van der Waals surface area contributed by atoms with E-state index in [4.69, 9.17) is 26.3 Å². The maximum atomic E-state index is 12.7. The number of ether oxygens (including phenoxy) is 2. The number of rotatable bonds is 6. The van der Waals surface area contributed by atoms with Gasteiger partial charge in [0.05, 0.1) is 13.3 Å². The first-order valence-corrected chi connectivity index (χ1v) is 9.01. The molecule has 0 amide bonds. The molecule has 26 heavy (non-hydrogen) atoms. The van der Waals surface area contributed by atoms with Gasteiger partial charge in [-0.3, -0.25) is 0 Å². The molecule has 0 spiro atoms. The highest BCUT2D eigenvalue weighted by molar-refractivity contribution is 7.93. The van der Waals surface area contributed by atoms with E-state index in [1.807, 2.05) is 0 Å². The van der Waals surface area contributed by atoms with Gasteiger partial charge in [-0.15, -0.1) is 0 Å². The molecule has 0 atom stereocenters. The van der Waals surface area contributed by atoms with E-state index < -0.39 is 10.0 Å². The average Bonchev–Trinajstić information content (AvgIpc) is 3.04. The Balaban J connectivity index is 1.93. The molecule has 0 aliphatic heterocycles. The van der Waals surface area contributed by atoms with E-state index in [1.54, 1.807) is 24.3 Å². The second kappa shape index (κ2) is 7.07. The van der Waals surface area contributed by atoms with Crippen molar-refractivity contribution in [3.63, 3.8) is 0 Å². The van der Waals surface area contributed by atoms with E-state index in [2.05, 4.69) is 19.7 Å². The molecule has 0 fully saturated rings. The first-order valence-electron chi connectivity index (χ1n) is 7.15. The summed E-state index contributed by atoms with van der Waals surface area (Å²) < 4.78 is 37.7. The zero-order valence-electron chi connectivity index (χ0n) is 13.4. The minimum atomic E-state index is -3.96. The molecule has 2 N–H and O–H groups in total. The fourth-order valence-electron chi connectivity index (χ4n) is 2.23. The number of hydrogen-bond acceptors (Lipinski definition) is 7. The van der Waals surface area contributed by atoms with Gasteiger partial charge in [0.25, 0.3) is 15.9 Å². The van der Waals surface area contributed by atoms with Crippen LogP contribution in [0.25, 0.3) is 10.9 Å². The third-order valence-electron chi connectivity index (χ3n) is 3.33. The quantitative estimate of drug-likeness (QED) is 0.657. The molecule has 2 aromatic heterocycles. The zero-order chi connectivity index (χ0) is 18.7. The normalized spacial score (nSPS) is 11.1. The van der Waals surface area contributed by atoms with Crippen LogP contribution < -0.4 is 14.2 Å². The van der Waals surface area contributed by atoms with Gasteiger partial charge in [-0.25, -0.2) is 18.1 Å². The van der Waals surface area contributed by atoms with Crippen LogP contribution in [0.5, 0.6) is 11.6 Å². The average molecular weight is 394 g/mol. The van der Waals surface area contributed by atoms with Crippen molar-refractivity contribution in [1.29, 1.82) is 5.26 Å². The number of nitrogens with zero attached hydrogens (tertiary/aromatic N) is 3. The van der Waals surface area contributed by atoms with Crippen LogP contribution >= 0.6 is 11.6 Å². The van der Waals surface area contributed by atoms with Crippen LogP contribution in [0.4, 0.5) is 5.95 Å². The third-order valence-corrected chi connectivity index (χ3v) is 4.93. The van der Waals surface area contributed by atoms with Crippen LogP contribution in [-0.4, -0.2) is 37.1 Å². The minimum absolute atomic E-state index is 0.00124. The Morgan fingerprint density at radius 2 is 2.23 bits per heavy atom. The van der Waals surface area contributed by atoms with Crippen molar-refractivity contribution < 1.29 is 17.9 Å². The number of nitriles is 1. The summed E-state index contributed by atoms with van der Waals surface area (Å²) in [7, 11) is -2.63. The molecule has 0 aliphatic carbocycles. The molecular weight excluding hydrogens is 382 g/mol. The first-order chi connectivity index (χ1) is 12.4. The van der Waals surface area contributed by atoms with E-state index in [0.29, 0.717) is 15.9 Å². The monoisotopic (exact) mass is 393 g/mol. The van der Waals surface area contributed by atoms with Gasteiger partial charge in [-0.1, -0.05) is 11.6 Å². The molecule has 0 saturated carbocycles. The molecule has 0 radical (unpaired) electrons. The number of nitrogens with one attached hydrogen (secondary N) is 2. The van der Waals surface area contributed by atoms with Crippen molar-refractivity contribution >= 4 is 38.5 Å². The first kappa shape index (κ1) is 17.8. The van der Waals surface area contributed by atoms with Gasteiger partial charge in [0.15, 0.2) is 6.61 Å². The van der Waals surface area contributed by atoms with E-state index in [0.717, 1.165) is 0 Å². The van der Waals surface area contributed by atoms with Crippen LogP contribution in [-0.2, 0) is 10.0 Å². The predicted molar refractivity (Wildman–Crippen MR) is 93.8 cm³/mol. The maximum Gasteiger partial charge on any atom is 0.266 e. The van der Waals surface area contributed by atoms with E-state index in [1.165, 1.54) is 19.5 Å². The molecule has 11 heteroatoms. The number of benzene rings is 1. The Morgan fingerprint density at radius 3 is 2.96 bits per heavy atom. The SMILES string of the molecule is COc1nc(NS(=O)(=O)c2c[nH]c3cc(Cl)ccc23)ncc1OCC#N. The van der Waals surface area contributed by atoms with Crippen molar-refractivity contribution in [2.75, 3.05) is 18.4 Å². The van der Waals surface area contributed by atoms with Crippen molar-refractivity contribution in [2.24, 2.45) is 0 Å². The smallest absolute Gasteiger partial charge is 0.266 e. The van der Waals surface area contributed by atoms with Gasteiger partial charge in [0.1, 0.15) is 11.0 Å². The summed E-state index contributed by atoms with van der Waals surface area (Å²) in [6.07, 6.45) is 2.57. The van der Waals surface area contributed by atoms with Gasteiger partial charge in [-0.2, -0.15) is 10.2 Å². The summed E-state index contributed by atoms with van der Waals surface area (Å²) >= 11 is 5.91. The molecule has 3 aromatic rings. The molecule has 0 unspecified atom stereocenters. The van der Waals surface area contributed by atoms with Gasteiger partial charge in [0.2, 0.25) is 11.7 Å². The summed E-state index contributed by atoms with van der Waals surface area (Å²) in [6.45, 7) is -0.220. The number of methoxy groups -OCH3 is 1. The van der Waals surface area contributed by atoms with Crippen molar-refractivity contribution in [2.45, 2.75) is 4.90 Å². The molecule has 0 bridgehead atoms. The topological polar surface area (TPSA) is 130 Å². The number of halogens is 1. The highest BCUT2D eigenvalue weighted by Crippen LogP contribution is 2.28. The molecule has 3 rings (SSSR count). The van der Waals surface area contributed by atoms with Crippen LogP contribution in [0.15, 0.2) is 35.5 Å². The van der Waals surface area contributed by atoms with Crippen molar-refractivity contribution in [1.82, 2.24) is 15.0 Å². The second-order valence-corrected chi connectivity index (χ2v) is 7.05. The summed E-state index contributed by atoms with van der Waals surface area (Å²) in [5.74, 6) is -0.0770. The van der Waals surface area contributed by atoms with E-state index >= 15 is 0 Å². The third kappa shape index (κ3) is 3.49. The van der Waals surface area contributed by atoms with Gasteiger partial charge in [0, 0.05) is 22.1 Å². The fourth-order valence-corrected chi connectivity index (χ4v) is 3.53. The Morgan fingerprint density at radius 1 is 1.42 bits per heavy atom. The predicted octanol–water partition coefficient (Wildman–Crippen LogP) is 2.32. The highest BCUT2D eigenvalue weighted by atomic mass is 35.5. The van der Waals surface area contributed by atoms with Gasteiger partial charge < -0.3 is 14.5 Å². The number of fused-ring (bicyclic) bond motifs is 1. The maximum absolute atomic E-state index is 12.7. The zero-order valence-corrected chi connectivity index (χ0v) is 14.9. The lowest BCUT2D eigenvalue weighted by Gasteiger charge is -2.10. The number of H-pyrrole nitrogens is 1. The van der Waals surface area contributed by atoms with E-state index in [9.17, 15) is 8.42 Å². The Bertz CT molecular complexity index is 1110. The standard InChI is InChI=1S/C15H12ClN5O4S/c1-24-14-12(25-5-4-17)7-19-15(20-14)21-26(22,23)13-8-18-11-6-9(16)2-3-10(11)13/h2-3,6-8,18H,5H2,1H3,(H,19,20,21). The Hall–Kier alpha value is -3.03.